The maximum atomic E-state index is 12.1. The fraction of sp³-hybridized carbons (Fsp3) is 0.273. The maximum absolute atomic E-state index is 12.1. The summed E-state index contributed by atoms with van der Waals surface area (Å²) in [4.78, 5) is 14.5. The number of amides is 1. The molecule has 0 aliphatic carbocycles. The van der Waals surface area contributed by atoms with E-state index in [2.05, 4.69) is 9.84 Å². The van der Waals surface area contributed by atoms with Gasteiger partial charge >= 0.3 is 6.61 Å². The number of carbonyl (C=O) groups is 1. The summed E-state index contributed by atoms with van der Waals surface area (Å²) in [5.74, 6) is 0.0106. The zero-order chi connectivity index (χ0) is 23.1. The van der Waals surface area contributed by atoms with Gasteiger partial charge in [-0.25, -0.2) is 4.09 Å². The molecular weight excluding hydrogens is 460 g/mol. The number of carbonyl (C=O) groups excluding carboxylic acids is 1. The van der Waals surface area contributed by atoms with E-state index in [1.54, 1.807) is 28.0 Å². The monoisotopic (exact) mass is 481 g/mol. The average Bonchev–Trinajstić information content (AvgIpc) is 3.28. The summed E-state index contributed by atoms with van der Waals surface area (Å²) >= 11 is 6.88. The highest BCUT2D eigenvalue weighted by Gasteiger charge is 2.27. The molecule has 32 heavy (non-hydrogen) atoms. The Labute approximate surface area is 193 Å². The summed E-state index contributed by atoms with van der Waals surface area (Å²) in [5.41, 5.74) is 1.79. The van der Waals surface area contributed by atoms with Crippen LogP contribution in [0.5, 0.6) is 5.75 Å². The third-order valence-corrected chi connectivity index (χ3v) is 5.47. The van der Waals surface area contributed by atoms with Crippen LogP contribution in [-0.2, 0) is 17.9 Å². The first kappa shape index (κ1) is 24.0. The number of aliphatic hydroxyl groups excluding tert-OH is 1. The quantitative estimate of drug-likeness (QED) is 0.537. The molecule has 1 amide bonds. The number of fused-ring (bicyclic) bond motifs is 1. The van der Waals surface area contributed by atoms with E-state index in [0.29, 0.717) is 13.1 Å². The van der Waals surface area contributed by atoms with Crippen LogP contribution in [0.1, 0.15) is 24.6 Å². The zero-order valence-corrected chi connectivity index (χ0v) is 18.8. The number of rotatable bonds is 6. The van der Waals surface area contributed by atoms with Gasteiger partial charge in [-0.05, 0) is 43.3 Å². The van der Waals surface area contributed by atoms with Crippen molar-refractivity contribution in [2.75, 3.05) is 0 Å². The minimum absolute atomic E-state index is 0.0955. The molecule has 0 saturated carbocycles. The van der Waals surface area contributed by atoms with Crippen molar-refractivity contribution in [2.24, 2.45) is 0 Å². The number of nitrogens with zero attached hydrogens (tertiary/aromatic N) is 3. The van der Waals surface area contributed by atoms with Gasteiger partial charge in [0.1, 0.15) is 5.75 Å². The molecule has 4 rings (SSSR count). The predicted octanol–water partition coefficient (Wildman–Crippen LogP) is 4.99. The number of aromatic nitrogens is 2. The van der Waals surface area contributed by atoms with Crippen molar-refractivity contribution in [3.63, 3.8) is 0 Å². The molecule has 170 valence electrons. The van der Waals surface area contributed by atoms with E-state index in [4.69, 9.17) is 11.6 Å². The van der Waals surface area contributed by atoms with E-state index in [0.717, 1.165) is 21.2 Å². The molecular formula is C22H22ClF2N3O3S. The number of benzene rings is 2. The van der Waals surface area contributed by atoms with Gasteiger partial charge in [-0.1, -0.05) is 29.8 Å². The van der Waals surface area contributed by atoms with Gasteiger partial charge in [0.2, 0.25) is 5.91 Å². The van der Waals surface area contributed by atoms with E-state index in [9.17, 15) is 18.7 Å². The third-order valence-electron chi connectivity index (χ3n) is 4.36. The highest BCUT2D eigenvalue weighted by atomic mass is 35.5. The van der Waals surface area contributed by atoms with Gasteiger partial charge < -0.3 is 14.7 Å². The first-order valence-corrected chi connectivity index (χ1v) is 10.9. The predicted molar refractivity (Wildman–Crippen MR) is 119 cm³/mol. The van der Waals surface area contributed by atoms with Crippen molar-refractivity contribution >= 4 is 29.5 Å². The van der Waals surface area contributed by atoms with Gasteiger partial charge in [0.05, 0.1) is 24.8 Å². The van der Waals surface area contributed by atoms with Crippen molar-refractivity contribution in [1.29, 1.82) is 0 Å². The van der Waals surface area contributed by atoms with E-state index in [-0.39, 0.29) is 18.1 Å². The normalized spacial score (nSPS) is 13.4. The lowest BCUT2D eigenvalue weighted by atomic mass is 10.2. The van der Waals surface area contributed by atoms with Gasteiger partial charge in [0.25, 0.3) is 0 Å². The van der Waals surface area contributed by atoms with E-state index >= 15 is 0 Å². The van der Waals surface area contributed by atoms with Crippen LogP contribution in [0.15, 0.2) is 65.7 Å². The molecule has 0 saturated heterocycles. The smallest absolute Gasteiger partial charge is 0.387 e. The zero-order valence-electron chi connectivity index (χ0n) is 17.2. The van der Waals surface area contributed by atoms with E-state index in [1.807, 2.05) is 36.5 Å². The Kier molecular flexibility index (Phi) is 8.49. The second kappa shape index (κ2) is 11.3. The molecule has 1 unspecified atom stereocenters. The molecule has 1 aromatic heterocycles. The lowest BCUT2D eigenvalue weighted by Crippen LogP contribution is -2.28. The Morgan fingerprint density at radius 2 is 1.88 bits per heavy atom. The second-order valence-corrected chi connectivity index (χ2v) is 8.51. The Hall–Kier alpha value is -2.62. The Morgan fingerprint density at radius 3 is 2.41 bits per heavy atom. The van der Waals surface area contributed by atoms with Crippen molar-refractivity contribution in [2.45, 2.75) is 44.0 Å². The van der Waals surface area contributed by atoms with Crippen LogP contribution in [-0.4, -0.2) is 37.8 Å². The fourth-order valence-electron chi connectivity index (χ4n) is 2.94. The molecule has 1 atom stereocenters. The molecule has 10 heteroatoms. The number of halogens is 3. The molecule has 6 nitrogen and oxygen atoms in total. The maximum Gasteiger partial charge on any atom is 0.387 e. The van der Waals surface area contributed by atoms with Gasteiger partial charge in [-0.2, -0.15) is 13.9 Å². The molecule has 0 bridgehead atoms. The lowest BCUT2D eigenvalue weighted by Gasteiger charge is -2.16. The first-order chi connectivity index (χ1) is 15.3. The van der Waals surface area contributed by atoms with Crippen LogP contribution < -0.4 is 4.74 Å². The number of aliphatic hydroxyl groups is 1. The van der Waals surface area contributed by atoms with E-state index < -0.39 is 12.7 Å². The molecule has 1 N–H and O–H groups in total. The van der Waals surface area contributed by atoms with Gasteiger partial charge in [-0.3, -0.25) is 4.79 Å². The molecule has 0 spiro atoms. The minimum atomic E-state index is -2.84. The molecule has 0 fully saturated rings. The summed E-state index contributed by atoms with van der Waals surface area (Å²) in [6, 6.07) is 15.7. The Morgan fingerprint density at radius 1 is 1.19 bits per heavy atom. The second-order valence-electron chi connectivity index (χ2n) is 7.04. The number of ether oxygens (including phenoxy) is 1. The molecule has 1 aliphatic rings. The number of hydrogen-bond donors (Lipinski definition) is 1. The van der Waals surface area contributed by atoms with Crippen LogP contribution in [0.2, 0.25) is 5.02 Å². The Balaban J connectivity index is 0.000000352. The summed E-state index contributed by atoms with van der Waals surface area (Å²) < 4.78 is 30.3. The van der Waals surface area contributed by atoms with Gasteiger partial charge in [0.15, 0.2) is 0 Å². The van der Waals surface area contributed by atoms with Crippen LogP contribution >= 0.6 is 23.5 Å². The Bertz CT molecular complexity index is 994. The standard InChI is InChI=1S/C16H17F2N3O3S.C6H5Cl/c1-10(22)6-15(23)20-7-11-8-21(19-14(11)9-20)25-13-4-2-12(3-5-13)24-16(17)18;7-6-4-2-1-3-5-6/h2-5,8,10,16,22H,6-7,9H2,1H3;1-5H. The van der Waals surface area contributed by atoms with Crippen LogP contribution in [0, 0.1) is 0 Å². The summed E-state index contributed by atoms with van der Waals surface area (Å²) in [7, 11) is 0. The van der Waals surface area contributed by atoms with E-state index in [1.165, 1.54) is 24.1 Å². The SMILES string of the molecule is CC(O)CC(=O)N1Cc2cn(Sc3ccc(OC(F)F)cc3)nc2C1.Clc1ccccc1. The van der Waals surface area contributed by atoms with Gasteiger partial charge in [0, 0.05) is 40.2 Å². The first-order valence-electron chi connectivity index (χ1n) is 9.77. The summed E-state index contributed by atoms with van der Waals surface area (Å²) in [6.07, 6.45) is 1.29. The fourth-order valence-corrected chi connectivity index (χ4v) is 3.88. The molecule has 1 aliphatic heterocycles. The van der Waals surface area contributed by atoms with Crippen molar-refractivity contribution in [3.05, 3.63) is 77.1 Å². The van der Waals surface area contributed by atoms with Crippen LogP contribution in [0.3, 0.4) is 0 Å². The highest BCUT2D eigenvalue weighted by Crippen LogP contribution is 2.28. The molecule has 2 heterocycles. The number of hydrogen-bond acceptors (Lipinski definition) is 5. The highest BCUT2D eigenvalue weighted by molar-refractivity contribution is 7.97. The lowest BCUT2D eigenvalue weighted by molar-refractivity contribution is -0.133. The third kappa shape index (κ3) is 7.22. The van der Waals surface area contributed by atoms with Crippen molar-refractivity contribution in [3.8, 4) is 5.75 Å². The summed E-state index contributed by atoms with van der Waals surface area (Å²) in [5, 5.41) is 14.5. The average molecular weight is 482 g/mol. The topological polar surface area (TPSA) is 67.6 Å². The summed E-state index contributed by atoms with van der Waals surface area (Å²) in [6.45, 7) is -0.355. The van der Waals surface area contributed by atoms with Crippen LogP contribution in [0.25, 0.3) is 0 Å². The van der Waals surface area contributed by atoms with Crippen LogP contribution in [0.4, 0.5) is 8.78 Å². The molecule has 3 aromatic rings. The molecule has 0 radical (unpaired) electrons. The number of alkyl halides is 2. The van der Waals surface area contributed by atoms with Crippen molar-refractivity contribution < 1.29 is 23.4 Å². The minimum Gasteiger partial charge on any atom is -0.435 e. The van der Waals surface area contributed by atoms with Gasteiger partial charge in [-0.15, -0.1) is 0 Å². The van der Waals surface area contributed by atoms with Crippen molar-refractivity contribution in [1.82, 2.24) is 14.1 Å². The largest absolute Gasteiger partial charge is 0.435 e. The molecule has 2 aromatic carbocycles.